The first-order valence-corrected chi connectivity index (χ1v) is 23.7. The lowest BCUT2D eigenvalue weighted by molar-refractivity contribution is -0.156. The van der Waals surface area contributed by atoms with Crippen molar-refractivity contribution in [1.29, 1.82) is 0 Å². The van der Waals surface area contributed by atoms with Crippen molar-refractivity contribution in [2.24, 2.45) is 36.6 Å². The molecule has 0 radical (unpaired) electrons. The Morgan fingerprint density at radius 2 is 1.26 bits per heavy atom. The van der Waals surface area contributed by atoms with Crippen LogP contribution in [0, 0.1) is 29.6 Å². The van der Waals surface area contributed by atoms with Gasteiger partial charge in [0.15, 0.2) is 0 Å². The minimum Gasteiger partial charge on any atom is -0.390 e. The first kappa shape index (κ1) is 59.1. The second-order valence-electron chi connectivity index (χ2n) is 19.8. The van der Waals surface area contributed by atoms with E-state index in [2.05, 4.69) is 15.7 Å². The van der Waals surface area contributed by atoms with Crippen LogP contribution in [-0.2, 0) is 51.8 Å². The molecule has 8 atom stereocenters. The summed E-state index contributed by atoms with van der Waals surface area (Å²) >= 11 is 0. The van der Waals surface area contributed by atoms with Crippen LogP contribution in [0.4, 0.5) is 0 Å². The molecule has 0 aliphatic carbocycles. The predicted octanol–water partition coefficient (Wildman–Crippen LogP) is 3.25. The molecule has 0 aromatic carbocycles. The largest absolute Gasteiger partial charge is 0.390 e. The van der Waals surface area contributed by atoms with Gasteiger partial charge in [-0.3, -0.25) is 48.4 Å². The highest BCUT2D eigenvalue weighted by molar-refractivity contribution is 5.98. The van der Waals surface area contributed by atoms with Crippen molar-refractivity contribution in [3.05, 3.63) is 18.0 Å². The van der Waals surface area contributed by atoms with Gasteiger partial charge >= 0.3 is 0 Å². The van der Waals surface area contributed by atoms with Crippen molar-refractivity contribution in [1.82, 2.24) is 44.9 Å². The maximum atomic E-state index is 14.9. The Kier molecular flexibility index (Phi) is 24.8. The molecule has 18 nitrogen and oxygen atoms in total. The summed E-state index contributed by atoms with van der Waals surface area (Å²) in [5.41, 5.74) is 0.864. The van der Waals surface area contributed by atoms with Gasteiger partial charge in [-0.1, -0.05) is 69.2 Å². The number of amides is 8. The van der Waals surface area contributed by atoms with Gasteiger partial charge in [-0.25, -0.2) is 0 Å². The van der Waals surface area contributed by atoms with Gasteiger partial charge in [0.25, 0.3) is 0 Å². The Labute approximate surface area is 394 Å². The van der Waals surface area contributed by atoms with E-state index in [9.17, 15) is 43.5 Å². The smallest absolute Gasteiger partial charge is 0.249 e. The maximum Gasteiger partial charge on any atom is 0.249 e. The number of nitrogens with zero attached hydrogens (tertiary/aromatic N) is 7. The molecule has 3 N–H and O–H groups in total. The predicted molar refractivity (Wildman–Crippen MR) is 254 cm³/mol. The zero-order chi connectivity index (χ0) is 50.9. The van der Waals surface area contributed by atoms with Crippen molar-refractivity contribution >= 4 is 47.8 Å². The number of aliphatic hydroxyl groups excluding tert-OH is 1. The zero-order valence-corrected chi connectivity index (χ0v) is 43.2. The third-order valence-corrected chi connectivity index (χ3v) is 12.5. The molecular formula is C48H85N9O9. The molecule has 0 saturated carbocycles. The van der Waals surface area contributed by atoms with Gasteiger partial charge in [-0.05, 0) is 87.5 Å². The fraction of sp³-hybridized carbons (Fsp3) is 0.771. The Morgan fingerprint density at radius 3 is 1.74 bits per heavy atom. The number of hydrogen-bond donors (Lipinski definition) is 3. The van der Waals surface area contributed by atoms with Gasteiger partial charge in [0.1, 0.15) is 36.3 Å². The van der Waals surface area contributed by atoms with Gasteiger partial charge in [-0.15, -0.1) is 0 Å². The fourth-order valence-corrected chi connectivity index (χ4v) is 8.18. The van der Waals surface area contributed by atoms with Crippen LogP contribution in [0.3, 0.4) is 0 Å². The van der Waals surface area contributed by atoms with E-state index in [4.69, 9.17) is 0 Å². The van der Waals surface area contributed by atoms with Crippen LogP contribution in [0.2, 0.25) is 0 Å². The molecule has 376 valence electrons. The molecule has 8 amide bonds. The molecule has 0 spiro atoms. The molecule has 0 aliphatic heterocycles. The number of nitrogens with one attached hydrogen (secondary N) is 2. The summed E-state index contributed by atoms with van der Waals surface area (Å²) in [5, 5.41) is 21.4. The number of hydrogen-bond acceptors (Lipinski definition) is 10. The summed E-state index contributed by atoms with van der Waals surface area (Å²) in [4.78, 5) is 115. The lowest BCUT2D eigenvalue weighted by Gasteiger charge is -2.41. The standard InChI is InChI=1S/C48H85N9O9/c1-18-36(46(64)53(13)34(11)45(63)55(15)37(26-30(4)5)43(61)49-28-58)50-44(62)41(42(60)33(10)20-19-21-35-24-25-52(12)51-35)57(17)48(66)40(32(8)9)56(16)47(65)38(27-31(6)7)54(14)39(59)23-22-29(2)3/h24-25,28-34,36-38,40-42,60H,18-23,26-27H2,1-17H3,(H,50,62)(H,49,58,61)/t33-,34-,36+,37+,38+,40+,41+,42-/m1/s1. The molecule has 0 bridgehead atoms. The second kappa shape index (κ2) is 27.7. The first-order valence-electron chi connectivity index (χ1n) is 23.7. The molecule has 1 aromatic rings. The van der Waals surface area contributed by atoms with E-state index in [0.717, 1.165) is 10.6 Å². The van der Waals surface area contributed by atoms with Crippen LogP contribution >= 0.6 is 0 Å². The molecule has 0 aliphatic rings. The summed E-state index contributed by atoms with van der Waals surface area (Å²) in [7, 11) is 9.19. The highest BCUT2D eigenvalue weighted by Crippen LogP contribution is 2.24. The second-order valence-corrected chi connectivity index (χ2v) is 19.8. The van der Waals surface area contributed by atoms with E-state index in [1.807, 2.05) is 60.9 Å². The lowest BCUT2D eigenvalue weighted by Crippen LogP contribution is -2.63. The number of aliphatic hydroxyl groups is 1. The Morgan fingerprint density at radius 1 is 0.697 bits per heavy atom. The minimum absolute atomic E-state index is 0.0100. The van der Waals surface area contributed by atoms with E-state index in [1.165, 1.54) is 54.7 Å². The Balaban J connectivity index is 3.64. The Bertz CT molecular complexity index is 1770. The number of likely N-dealkylation sites (N-methyl/N-ethyl adjacent to an activating group) is 5. The van der Waals surface area contributed by atoms with Crippen molar-refractivity contribution in [3.63, 3.8) is 0 Å². The molecule has 1 rings (SSSR count). The van der Waals surface area contributed by atoms with Crippen molar-refractivity contribution in [2.75, 3.05) is 35.2 Å². The molecule has 0 saturated heterocycles. The first-order chi connectivity index (χ1) is 30.6. The summed E-state index contributed by atoms with van der Waals surface area (Å²) in [6.45, 7) is 20.2. The van der Waals surface area contributed by atoms with Gasteiger partial charge in [0, 0.05) is 54.9 Å². The topological polar surface area (TPSA) is 215 Å². The number of carbonyl (C=O) groups is 8. The summed E-state index contributed by atoms with van der Waals surface area (Å²) in [5.74, 6) is -4.57. The van der Waals surface area contributed by atoms with E-state index in [0.29, 0.717) is 32.1 Å². The van der Waals surface area contributed by atoms with Crippen LogP contribution in [0.5, 0.6) is 0 Å². The highest BCUT2D eigenvalue weighted by atomic mass is 16.3. The minimum atomic E-state index is -1.52. The van der Waals surface area contributed by atoms with E-state index in [1.54, 1.807) is 39.4 Å². The van der Waals surface area contributed by atoms with Gasteiger partial charge < -0.3 is 34.9 Å². The van der Waals surface area contributed by atoms with Gasteiger partial charge in [0.05, 0.1) is 11.8 Å². The van der Waals surface area contributed by atoms with E-state index in [-0.39, 0.29) is 49.3 Å². The van der Waals surface area contributed by atoms with Gasteiger partial charge in [-0.2, -0.15) is 5.10 Å². The molecule has 1 aromatic heterocycles. The summed E-state index contributed by atoms with van der Waals surface area (Å²) in [6.07, 6.45) is 3.97. The van der Waals surface area contributed by atoms with Crippen molar-refractivity contribution < 1.29 is 43.5 Å². The van der Waals surface area contributed by atoms with Crippen LogP contribution in [0.25, 0.3) is 0 Å². The molecule has 0 unspecified atom stereocenters. The van der Waals surface area contributed by atoms with Crippen LogP contribution in [0.15, 0.2) is 12.3 Å². The van der Waals surface area contributed by atoms with E-state index < -0.39 is 89.6 Å². The quantitative estimate of drug-likeness (QED) is 0.104. The molecule has 1 heterocycles. The summed E-state index contributed by atoms with van der Waals surface area (Å²) < 4.78 is 1.70. The zero-order valence-electron chi connectivity index (χ0n) is 43.2. The highest BCUT2D eigenvalue weighted by Gasteiger charge is 2.44. The average molecular weight is 932 g/mol. The monoisotopic (exact) mass is 932 g/mol. The normalized spacial score (nSPS) is 15.2. The third kappa shape index (κ3) is 17.1. The number of aromatic nitrogens is 2. The van der Waals surface area contributed by atoms with Crippen LogP contribution in [0.1, 0.15) is 127 Å². The summed E-state index contributed by atoms with van der Waals surface area (Å²) in [6, 6.07) is -4.86. The lowest BCUT2D eigenvalue weighted by atomic mass is 9.90. The molecular weight excluding hydrogens is 847 g/mol. The third-order valence-electron chi connectivity index (χ3n) is 12.5. The number of carbonyl (C=O) groups excluding carboxylic acids is 8. The molecule has 0 fully saturated rings. The average Bonchev–Trinajstić information content (AvgIpc) is 3.67. The molecule has 18 heteroatoms. The SMILES string of the molecule is CC[C@H](NC(=O)[C@H]([C@H](O)[C@H](C)CCCc1ccn(C)n1)N(C)C(=O)[C@H](C(C)C)N(C)C(=O)[C@H](CC(C)C)N(C)C(=O)CCC(C)C)C(=O)N(C)[C@H](C)C(=O)N(C)[C@@H](CC(C)C)C(=O)NC=O. The Hall–Kier alpha value is -4.87. The maximum absolute atomic E-state index is 14.9. The van der Waals surface area contributed by atoms with Crippen LogP contribution < -0.4 is 10.6 Å². The molecule has 66 heavy (non-hydrogen) atoms. The van der Waals surface area contributed by atoms with Crippen molar-refractivity contribution in [3.8, 4) is 0 Å². The number of imide groups is 1. The van der Waals surface area contributed by atoms with Crippen LogP contribution in [-0.4, -0.2) is 165 Å². The van der Waals surface area contributed by atoms with Crippen molar-refractivity contribution in [2.45, 2.75) is 170 Å². The van der Waals surface area contributed by atoms with Gasteiger partial charge in [0.2, 0.25) is 47.8 Å². The number of rotatable bonds is 28. The fourth-order valence-electron chi connectivity index (χ4n) is 8.18. The number of aryl methyl sites for hydroxylation is 2. The van der Waals surface area contributed by atoms with E-state index >= 15 is 0 Å².